The first-order chi connectivity index (χ1) is 8.15. The van der Waals surface area contributed by atoms with Crippen molar-refractivity contribution in [3.8, 4) is 11.5 Å². The Hall–Kier alpha value is -2.49. The first-order valence-corrected chi connectivity index (χ1v) is 5.02. The van der Waals surface area contributed by atoms with Crippen molar-refractivity contribution in [1.29, 1.82) is 0 Å². The lowest BCUT2D eigenvalue weighted by Gasteiger charge is -2.06. The molecule has 0 spiro atoms. The number of anilines is 1. The molecule has 3 N–H and O–H groups in total. The highest BCUT2D eigenvalue weighted by molar-refractivity contribution is 5.88. The maximum absolute atomic E-state index is 10.8. The van der Waals surface area contributed by atoms with E-state index in [9.17, 15) is 4.79 Å². The van der Waals surface area contributed by atoms with E-state index >= 15 is 0 Å². The first-order valence-electron chi connectivity index (χ1n) is 5.02. The Bertz CT molecular complexity index is 552. The maximum Gasteiger partial charge on any atom is 0.335 e. The molecule has 0 saturated heterocycles. The third-order valence-corrected chi connectivity index (χ3v) is 2.17. The molecule has 2 aromatic rings. The number of carboxylic acids is 1. The van der Waals surface area contributed by atoms with Gasteiger partial charge in [0.05, 0.1) is 5.56 Å². The average Bonchev–Trinajstić information content (AvgIpc) is 2.29. The quantitative estimate of drug-likeness (QED) is 0.794. The second-order valence-corrected chi connectivity index (χ2v) is 3.51. The van der Waals surface area contributed by atoms with Gasteiger partial charge in [0.15, 0.2) is 0 Å². The van der Waals surface area contributed by atoms with Crippen LogP contribution >= 0.6 is 0 Å². The van der Waals surface area contributed by atoms with Crippen LogP contribution in [0.1, 0.15) is 10.4 Å². The van der Waals surface area contributed by atoms with E-state index < -0.39 is 5.97 Å². The van der Waals surface area contributed by atoms with E-state index in [0.29, 0.717) is 17.2 Å². The molecule has 0 atom stereocenters. The lowest BCUT2D eigenvalue weighted by molar-refractivity contribution is 0.0696. The number of hydrogen-bond acceptors (Lipinski definition) is 3. The average molecular weight is 229 g/mol. The first kappa shape index (κ1) is 11.0. The SMILES string of the molecule is Nc1cccc(Oc2cccc(C(=O)O)c2)c1. The van der Waals surface area contributed by atoms with Crippen LogP contribution in [-0.2, 0) is 0 Å². The van der Waals surface area contributed by atoms with E-state index in [4.69, 9.17) is 15.6 Å². The summed E-state index contributed by atoms with van der Waals surface area (Å²) in [5.74, 6) is 0.0612. The summed E-state index contributed by atoms with van der Waals surface area (Å²) >= 11 is 0. The minimum absolute atomic E-state index is 0.186. The highest BCUT2D eigenvalue weighted by atomic mass is 16.5. The van der Waals surface area contributed by atoms with Crippen LogP contribution in [0.5, 0.6) is 11.5 Å². The van der Waals surface area contributed by atoms with Gasteiger partial charge in [0, 0.05) is 11.8 Å². The number of rotatable bonds is 3. The standard InChI is InChI=1S/C13H11NO3/c14-10-4-2-6-12(8-10)17-11-5-1-3-9(7-11)13(15)16/h1-8H,14H2,(H,15,16). The minimum atomic E-state index is -0.983. The van der Waals surface area contributed by atoms with Gasteiger partial charge in [-0.25, -0.2) is 4.79 Å². The van der Waals surface area contributed by atoms with Crippen LogP contribution in [0.4, 0.5) is 5.69 Å². The molecule has 0 aliphatic carbocycles. The van der Waals surface area contributed by atoms with Gasteiger partial charge in [0.25, 0.3) is 0 Å². The van der Waals surface area contributed by atoms with Crippen molar-refractivity contribution in [3.05, 3.63) is 54.1 Å². The molecule has 0 radical (unpaired) electrons. The molecule has 0 aromatic heterocycles. The van der Waals surface area contributed by atoms with Crippen molar-refractivity contribution in [2.45, 2.75) is 0 Å². The normalized spacial score (nSPS) is 9.88. The van der Waals surface area contributed by atoms with E-state index in [0.717, 1.165) is 0 Å². The van der Waals surface area contributed by atoms with Gasteiger partial charge in [-0.2, -0.15) is 0 Å². The van der Waals surface area contributed by atoms with Gasteiger partial charge in [-0.3, -0.25) is 0 Å². The number of ether oxygens (including phenoxy) is 1. The largest absolute Gasteiger partial charge is 0.478 e. The Morgan fingerprint density at radius 2 is 1.71 bits per heavy atom. The molecule has 0 unspecified atom stereocenters. The topological polar surface area (TPSA) is 72.5 Å². The van der Waals surface area contributed by atoms with E-state index in [1.165, 1.54) is 12.1 Å². The van der Waals surface area contributed by atoms with Gasteiger partial charge in [-0.15, -0.1) is 0 Å². The van der Waals surface area contributed by atoms with Gasteiger partial charge >= 0.3 is 5.97 Å². The summed E-state index contributed by atoms with van der Waals surface area (Å²) in [6.45, 7) is 0. The number of carbonyl (C=O) groups is 1. The molecule has 0 amide bonds. The molecule has 0 aliphatic rings. The van der Waals surface area contributed by atoms with Gasteiger partial charge in [-0.1, -0.05) is 12.1 Å². The molecule has 2 aromatic carbocycles. The van der Waals surface area contributed by atoms with Crippen LogP contribution in [0.2, 0.25) is 0 Å². The van der Waals surface area contributed by atoms with Crippen LogP contribution in [0, 0.1) is 0 Å². The smallest absolute Gasteiger partial charge is 0.335 e. The molecule has 0 saturated carbocycles. The van der Waals surface area contributed by atoms with Gasteiger partial charge in [-0.05, 0) is 30.3 Å². The van der Waals surface area contributed by atoms with E-state index in [-0.39, 0.29) is 5.56 Å². The number of nitrogen functional groups attached to an aromatic ring is 1. The van der Waals surface area contributed by atoms with Crippen LogP contribution in [0.3, 0.4) is 0 Å². The number of carboxylic acid groups (broad SMARTS) is 1. The molecule has 86 valence electrons. The predicted octanol–water partition coefficient (Wildman–Crippen LogP) is 2.76. The summed E-state index contributed by atoms with van der Waals surface area (Å²) in [5.41, 5.74) is 6.40. The van der Waals surface area contributed by atoms with Gasteiger partial charge in [0.1, 0.15) is 11.5 Å². The van der Waals surface area contributed by atoms with Crippen LogP contribution < -0.4 is 10.5 Å². The summed E-state index contributed by atoms with van der Waals surface area (Å²) in [7, 11) is 0. The minimum Gasteiger partial charge on any atom is -0.478 e. The zero-order valence-corrected chi connectivity index (χ0v) is 8.96. The zero-order chi connectivity index (χ0) is 12.3. The summed E-state index contributed by atoms with van der Waals surface area (Å²) in [6, 6.07) is 13.2. The molecular weight excluding hydrogens is 218 g/mol. The predicted molar refractivity (Wildman–Crippen MR) is 64.3 cm³/mol. The van der Waals surface area contributed by atoms with E-state index in [1.807, 2.05) is 0 Å². The fraction of sp³-hybridized carbons (Fsp3) is 0. The fourth-order valence-corrected chi connectivity index (χ4v) is 1.41. The Morgan fingerprint density at radius 3 is 2.35 bits per heavy atom. The highest BCUT2D eigenvalue weighted by Crippen LogP contribution is 2.23. The van der Waals surface area contributed by atoms with Crippen molar-refractivity contribution in [2.75, 3.05) is 5.73 Å². The molecular formula is C13H11NO3. The third kappa shape index (κ3) is 2.75. The Kier molecular flexibility index (Phi) is 2.96. The summed E-state index contributed by atoms with van der Waals surface area (Å²) in [5, 5.41) is 8.84. The number of hydrogen-bond donors (Lipinski definition) is 2. The highest BCUT2D eigenvalue weighted by Gasteiger charge is 2.04. The Morgan fingerprint density at radius 1 is 1.06 bits per heavy atom. The van der Waals surface area contributed by atoms with Crippen molar-refractivity contribution in [2.24, 2.45) is 0 Å². The molecule has 0 aliphatic heterocycles. The lowest BCUT2D eigenvalue weighted by atomic mass is 10.2. The number of benzene rings is 2. The van der Waals surface area contributed by atoms with Gasteiger partial charge < -0.3 is 15.6 Å². The molecule has 4 nitrogen and oxygen atoms in total. The monoisotopic (exact) mass is 229 g/mol. The molecule has 2 rings (SSSR count). The summed E-state index contributed by atoms with van der Waals surface area (Å²) in [4.78, 5) is 10.8. The molecule has 0 bridgehead atoms. The number of nitrogens with two attached hydrogens (primary N) is 1. The van der Waals surface area contributed by atoms with E-state index in [2.05, 4.69) is 0 Å². The maximum atomic E-state index is 10.8. The van der Waals surface area contributed by atoms with Crippen LogP contribution in [-0.4, -0.2) is 11.1 Å². The van der Waals surface area contributed by atoms with Crippen molar-refractivity contribution in [1.82, 2.24) is 0 Å². The zero-order valence-electron chi connectivity index (χ0n) is 8.96. The second-order valence-electron chi connectivity index (χ2n) is 3.51. The third-order valence-electron chi connectivity index (χ3n) is 2.17. The van der Waals surface area contributed by atoms with Crippen molar-refractivity contribution in [3.63, 3.8) is 0 Å². The summed E-state index contributed by atoms with van der Waals surface area (Å²) < 4.78 is 5.51. The van der Waals surface area contributed by atoms with E-state index in [1.54, 1.807) is 36.4 Å². The fourth-order valence-electron chi connectivity index (χ4n) is 1.41. The van der Waals surface area contributed by atoms with Crippen LogP contribution in [0.15, 0.2) is 48.5 Å². The number of aromatic carboxylic acids is 1. The Labute approximate surface area is 98.3 Å². The van der Waals surface area contributed by atoms with Crippen LogP contribution in [0.25, 0.3) is 0 Å². The van der Waals surface area contributed by atoms with Crippen molar-refractivity contribution < 1.29 is 14.6 Å². The lowest BCUT2D eigenvalue weighted by Crippen LogP contribution is -1.96. The molecule has 0 heterocycles. The molecule has 4 heteroatoms. The van der Waals surface area contributed by atoms with Gasteiger partial charge in [0.2, 0.25) is 0 Å². The summed E-state index contributed by atoms with van der Waals surface area (Å²) in [6.07, 6.45) is 0. The Balaban J connectivity index is 2.24. The molecule has 0 fully saturated rings. The molecule has 17 heavy (non-hydrogen) atoms. The second kappa shape index (κ2) is 4.57. The van der Waals surface area contributed by atoms with Crippen molar-refractivity contribution >= 4 is 11.7 Å².